The van der Waals surface area contributed by atoms with Crippen molar-refractivity contribution in [1.29, 1.82) is 0 Å². The molecule has 1 rings (SSSR count). The van der Waals surface area contributed by atoms with Gasteiger partial charge < -0.3 is 19.3 Å². The van der Waals surface area contributed by atoms with E-state index < -0.39 is 11.9 Å². The van der Waals surface area contributed by atoms with E-state index in [4.69, 9.17) is 19.3 Å². The van der Waals surface area contributed by atoms with Crippen molar-refractivity contribution < 1.29 is 28.9 Å². The van der Waals surface area contributed by atoms with Crippen LogP contribution in [0.15, 0.2) is 24.3 Å². The van der Waals surface area contributed by atoms with Gasteiger partial charge in [-0.15, -0.1) is 0 Å². The van der Waals surface area contributed by atoms with Crippen molar-refractivity contribution in [3.05, 3.63) is 35.4 Å². The lowest BCUT2D eigenvalue weighted by Crippen LogP contribution is -2.16. The van der Waals surface area contributed by atoms with Gasteiger partial charge in [-0.1, -0.05) is 12.1 Å². The Morgan fingerprint density at radius 2 is 1.60 bits per heavy atom. The SMILES string of the molecule is CCOC(=O)c1ccccc1C(=O)OCCOCCO. The zero-order chi connectivity index (χ0) is 14.8. The van der Waals surface area contributed by atoms with E-state index in [-0.39, 0.29) is 44.2 Å². The summed E-state index contributed by atoms with van der Waals surface area (Å²) in [6.45, 7) is 2.27. The molecule has 0 aliphatic carbocycles. The number of hydrogen-bond donors (Lipinski definition) is 1. The normalized spacial score (nSPS) is 10.1. The second-order valence-corrected chi connectivity index (χ2v) is 3.74. The lowest BCUT2D eigenvalue weighted by Gasteiger charge is -2.09. The molecule has 0 saturated heterocycles. The highest BCUT2D eigenvalue weighted by Gasteiger charge is 2.18. The monoisotopic (exact) mass is 282 g/mol. The molecule has 0 atom stereocenters. The fraction of sp³-hybridized carbons (Fsp3) is 0.429. The summed E-state index contributed by atoms with van der Waals surface area (Å²) >= 11 is 0. The van der Waals surface area contributed by atoms with Crippen LogP contribution in [0.3, 0.4) is 0 Å². The van der Waals surface area contributed by atoms with Crippen LogP contribution in [-0.4, -0.2) is 50.1 Å². The Balaban J connectivity index is 2.61. The molecule has 0 fully saturated rings. The van der Waals surface area contributed by atoms with E-state index in [0.717, 1.165) is 0 Å². The fourth-order valence-corrected chi connectivity index (χ4v) is 1.49. The summed E-state index contributed by atoms with van der Waals surface area (Å²) in [6, 6.07) is 6.30. The maximum atomic E-state index is 11.9. The third-order valence-electron chi connectivity index (χ3n) is 2.34. The lowest BCUT2D eigenvalue weighted by molar-refractivity contribution is 0.0252. The van der Waals surface area contributed by atoms with E-state index in [2.05, 4.69) is 0 Å². The Hall–Kier alpha value is -1.92. The molecule has 20 heavy (non-hydrogen) atoms. The second kappa shape index (κ2) is 9.06. The van der Waals surface area contributed by atoms with Gasteiger partial charge in [-0.05, 0) is 19.1 Å². The molecule has 6 nitrogen and oxygen atoms in total. The summed E-state index contributed by atoms with van der Waals surface area (Å²) in [6.07, 6.45) is 0. The van der Waals surface area contributed by atoms with Crippen molar-refractivity contribution in [3.63, 3.8) is 0 Å². The Morgan fingerprint density at radius 3 is 2.15 bits per heavy atom. The first-order valence-corrected chi connectivity index (χ1v) is 6.32. The first-order chi connectivity index (χ1) is 9.70. The van der Waals surface area contributed by atoms with Crippen molar-refractivity contribution >= 4 is 11.9 Å². The zero-order valence-corrected chi connectivity index (χ0v) is 11.3. The number of aliphatic hydroxyl groups excluding tert-OH is 1. The van der Waals surface area contributed by atoms with Crippen LogP contribution in [0.2, 0.25) is 0 Å². The molecule has 110 valence electrons. The molecule has 0 amide bonds. The highest BCUT2D eigenvalue weighted by Crippen LogP contribution is 2.12. The summed E-state index contributed by atoms with van der Waals surface area (Å²) in [5, 5.41) is 8.52. The van der Waals surface area contributed by atoms with Gasteiger partial charge in [-0.25, -0.2) is 9.59 Å². The van der Waals surface area contributed by atoms with E-state index in [0.29, 0.717) is 0 Å². The van der Waals surface area contributed by atoms with Crippen molar-refractivity contribution in [2.45, 2.75) is 6.92 Å². The molecule has 1 aromatic carbocycles. The van der Waals surface area contributed by atoms with Crippen molar-refractivity contribution in [2.75, 3.05) is 33.0 Å². The molecule has 6 heteroatoms. The van der Waals surface area contributed by atoms with Gasteiger partial charge in [0.15, 0.2) is 0 Å². The summed E-state index contributed by atoms with van der Waals surface area (Å²) in [7, 11) is 0. The van der Waals surface area contributed by atoms with Gasteiger partial charge in [-0.3, -0.25) is 0 Å². The Kier molecular flexibility index (Phi) is 7.31. The molecular weight excluding hydrogens is 264 g/mol. The number of rotatable bonds is 8. The van der Waals surface area contributed by atoms with E-state index >= 15 is 0 Å². The molecule has 0 spiro atoms. The number of carbonyl (C=O) groups excluding carboxylic acids is 2. The minimum Gasteiger partial charge on any atom is -0.462 e. The largest absolute Gasteiger partial charge is 0.462 e. The van der Waals surface area contributed by atoms with Crippen LogP contribution in [0.5, 0.6) is 0 Å². The molecule has 0 unspecified atom stereocenters. The van der Waals surface area contributed by atoms with Crippen molar-refractivity contribution in [1.82, 2.24) is 0 Å². The van der Waals surface area contributed by atoms with Gasteiger partial charge in [0.05, 0.1) is 37.6 Å². The highest BCUT2D eigenvalue weighted by atomic mass is 16.6. The number of benzene rings is 1. The minimum atomic E-state index is -0.610. The molecular formula is C14H18O6. The first-order valence-electron chi connectivity index (χ1n) is 6.32. The van der Waals surface area contributed by atoms with Crippen LogP contribution in [0.1, 0.15) is 27.6 Å². The van der Waals surface area contributed by atoms with Crippen LogP contribution >= 0.6 is 0 Å². The van der Waals surface area contributed by atoms with Gasteiger partial charge in [0.1, 0.15) is 6.61 Å². The average molecular weight is 282 g/mol. The Labute approximate surface area is 117 Å². The molecule has 1 N–H and O–H groups in total. The van der Waals surface area contributed by atoms with Gasteiger partial charge >= 0.3 is 11.9 Å². The summed E-state index contributed by atoms with van der Waals surface area (Å²) in [5.74, 6) is -1.17. The van der Waals surface area contributed by atoms with Gasteiger partial charge in [0, 0.05) is 0 Å². The number of carbonyl (C=O) groups is 2. The van der Waals surface area contributed by atoms with E-state index in [1.54, 1.807) is 19.1 Å². The highest BCUT2D eigenvalue weighted by molar-refractivity contribution is 6.03. The molecule has 0 bridgehead atoms. The van der Waals surface area contributed by atoms with Crippen LogP contribution < -0.4 is 0 Å². The van der Waals surface area contributed by atoms with Crippen LogP contribution in [-0.2, 0) is 14.2 Å². The standard InChI is InChI=1S/C14H18O6/c1-2-19-13(16)11-5-3-4-6-12(11)14(17)20-10-9-18-8-7-15/h3-6,15H,2,7-10H2,1H3. The molecule has 0 aliphatic heterocycles. The molecule has 0 aromatic heterocycles. The molecule has 0 aliphatic rings. The summed E-state index contributed by atoms with van der Waals surface area (Å²) in [4.78, 5) is 23.6. The molecule has 1 aromatic rings. The predicted octanol–water partition coefficient (Wildman–Crippen LogP) is 1.03. The number of ether oxygens (including phenoxy) is 3. The third kappa shape index (κ3) is 4.99. The van der Waals surface area contributed by atoms with E-state index in [1.807, 2.05) is 0 Å². The zero-order valence-electron chi connectivity index (χ0n) is 11.3. The number of hydrogen-bond acceptors (Lipinski definition) is 6. The van der Waals surface area contributed by atoms with E-state index in [1.165, 1.54) is 12.1 Å². The molecule has 0 heterocycles. The van der Waals surface area contributed by atoms with Gasteiger partial charge in [-0.2, -0.15) is 0 Å². The van der Waals surface area contributed by atoms with Crippen LogP contribution in [0.25, 0.3) is 0 Å². The van der Waals surface area contributed by atoms with Crippen molar-refractivity contribution in [2.24, 2.45) is 0 Å². The number of aliphatic hydroxyl groups is 1. The quantitative estimate of drug-likeness (QED) is 0.566. The smallest absolute Gasteiger partial charge is 0.339 e. The summed E-state index contributed by atoms with van der Waals surface area (Å²) < 4.78 is 14.8. The molecule has 0 saturated carbocycles. The maximum Gasteiger partial charge on any atom is 0.339 e. The molecule has 0 radical (unpaired) electrons. The first kappa shape index (κ1) is 16.1. The minimum absolute atomic E-state index is 0.0516. The maximum absolute atomic E-state index is 11.9. The van der Waals surface area contributed by atoms with Crippen LogP contribution in [0, 0.1) is 0 Å². The topological polar surface area (TPSA) is 82.1 Å². The Morgan fingerprint density at radius 1 is 1.00 bits per heavy atom. The van der Waals surface area contributed by atoms with Crippen LogP contribution in [0.4, 0.5) is 0 Å². The lowest BCUT2D eigenvalue weighted by atomic mass is 10.1. The average Bonchev–Trinajstić information content (AvgIpc) is 2.47. The van der Waals surface area contributed by atoms with E-state index in [9.17, 15) is 9.59 Å². The Bertz CT molecular complexity index is 443. The van der Waals surface area contributed by atoms with Crippen molar-refractivity contribution in [3.8, 4) is 0 Å². The predicted molar refractivity (Wildman–Crippen MR) is 70.6 cm³/mol. The van der Waals surface area contributed by atoms with Gasteiger partial charge in [0.25, 0.3) is 0 Å². The summed E-state index contributed by atoms with van der Waals surface area (Å²) in [5.41, 5.74) is 0.337. The third-order valence-corrected chi connectivity index (χ3v) is 2.34. The van der Waals surface area contributed by atoms with Gasteiger partial charge in [0.2, 0.25) is 0 Å². The fourth-order valence-electron chi connectivity index (χ4n) is 1.49. The number of esters is 2. The second-order valence-electron chi connectivity index (χ2n) is 3.74.